The van der Waals surface area contributed by atoms with Crippen molar-refractivity contribution < 1.29 is 5.11 Å². The summed E-state index contributed by atoms with van der Waals surface area (Å²) >= 11 is 10.8. The Balaban J connectivity index is 0.000000810. The van der Waals surface area contributed by atoms with Gasteiger partial charge in [-0.25, -0.2) is 4.42 Å². The number of halogens is 2. The molecule has 0 aliphatic carbocycles. The van der Waals surface area contributed by atoms with E-state index in [-0.39, 0.29) is 35.6 Å². The molecule has 0 radical (unpaired) electrons. The van der Waals surface area contributed by atoms with Crippen molar-refractivity contribution in [1.82, 2.24) is 4.42 Å². The van der Waals surface area contributed by atoms with Crippen molar-refractivity contribution in [1.29, 1.82) is 0 Å². The number of hydrogen-bond acceptors (Lipinski definition) is 3. The fraction of sp³-hybridized carbons (Fsp3) is 0.333. The summed E-state index contributed by atoms with van der Waals surface area (Å²) in [6, 6.07) is -0.355. The second-order valence-corrected chi connectivity index (χ2v) is 2.11. The molecule has 1 unspecified atom stereocenters. The summed E-state index contributed by atoms with van der Waals surface area (Å²) in [6.07, 6.45) is 1.18. The first kappa shape index (κ1) is 10.5. The summed E-state index contributed by atoms with van der Waals surface area (Å²) in [6.45, 7) is 0. The molecule has 4 nitrogen and oxygen atoms in total. The molecule has 0 spiro atoms. The zero-order valence-corrected chi connectivity index (χ0v) is 5.71. The van der Waals surface area contributed by atoms with Crippen LogP contribution in [0.1, 0.15) is 0 Å². The molecule has 0 amide bonds. The summed E-state index contributed by atoms with van der Waals surface area (Å²) < 4.78 is 1.04. The Morgan fingerprint density at radius 3 is 2.70 bits per heavy atom. The molecular weight excluding hydrogens is 188 g/mol. The standard InChI is InChI=1S/C3H3Cl2N3O.Na.H/c4-2-7-3(9)6-1-8(2)5;;/h1-2H,(H,7,9);;. The van der Waals surface area contributed by atoms with Crippen LogP contribution in [0.3, 0.4) is 0 Å². The Morgan fingerprint density at radius 2 is 2.30 bits per heavy atom. The van der Waals surface area contributed by atoms with Crippen LogP contribution in [0.5, 0.6) is 0 Å². The number of aliphatic hydroxyl groups is 1. The van der Waals surface area contributed by atoms with Crippen LogP contribution in [0.15, 0.2) is 9.98 Å². The molecule has 52 valence electrons. The average Bonchev–Trinajstić information content (AvgIpc) is 1.80. The van der Waals surface area contributed by atoms with Crippen LogP contribution in [0.25, 0.3) is 0 Å². The second-order valence-electron chi connectivity index (χ2n) is 1.33. The number of amidine groups is 1. The predicted molar refractivity (Wildman–Crippen MR) is 43.0 cm³/mol. The molecule has 10 heavy (non-hydrogen) atoms. The molecule has 1 atom stereocenters. The van der Waals surface area contributed by atoms with Crippen LogP contribution < -0.4 is 0 Å². The first-order valence-electron chi connectivity index (χ1n) is 2.09. The van der Waals surface area contributed by atoms with Gasteiger partial charge in [0, 0.05) is 11.8 Å². The Kier molecular flexibility index (Phi) is 4.64. The van der Waals surface area contributed by atoms with Crippen LogP contribution in [0.2, 0.25) is 0 Å². The second kappa shape index (κ2) is 4.41. The van der Waals surface area contributed by atoms with Gasteiger partial charge in [-0.1, -0.05) is 11.6 Å². The maximum atomic E-state index is 8.58. The van der Waals surface area contributed by atoms with E-state index in [9.17, 15) is 0 Å². The third-order valence-electron chi connectivity index (χ3n) is 0.709. The molecule has 0 bridgehead atoms. The zero-order chi connectivity index (χ0) is 6.85. The monoisotopic (exact) mass is 191 g/mol. The number of rotatable bonds is 0. The van der Waals surface area contributed by atoms with Crippen molar-refractivity contribution in [3.8, 4) is 0 Å². The SMILES string of the molecule is OC1=NC(Cl)N(Cl)C=N1.[NaH]. The molecule has 1 aliphatic heterocycles. The molecule has 0 fully saturated rings. The average molecular weight is 192 g/mol. The normalized spacial score (nSPS) is 23.6. The van der Waals surface area contributed by atoms with Crippen molar-refractivity contribution in [3.05, 3.63) is 0 Å². The zero-order valence-electron chi connectivity index (χ0n) is 4.20. The van der Waals surface area contributed by atoms with E-state index in [1.54, 1.807) is 0 Å². The minimum absolute atomic E-state index is 0. The fourth-order valence-electron chi connectivity index (χ4n) is 0.346. The molecule has 7 heteroatoms. The summed E-state index contributed by atoms with van der Waals surface area (Å²) in [5.41, 5.74) is -0.760. The number of aliphatic imine (C=N–C) groups is 2. The van der Waals surface area contributed by atoms with Crippen LogP contribution in [0, 0.1) is 0 Å². The van der Waals surface area contributed by atoms with Gasteiger partial charge in [0.25, 0.3) is 0 Å². The van der Waals surface area contributed by atoms with E-state index in [0.29, 0.717) is 0 Å². The maximum absolute atomic E-state index is 8.58. The van der Waals surface area contributed by atoms with Gasteiger partial charge in [-0.15, -0.1) is 0 Å². The Hall–Kier alpha value is 0.520. The van der Waals surface area contributed by atoms with Gasteiger partial charge in [0.15, 0.2) is 0 Å². The van der Waals surface area contributed by atoms with Crippen molar-refractivity contribution in [2.24, 2.45) is 9.98 Å². The first-order chi connectivity index (χ1) is 4.20. The molecule has 0 aromatic carbocycles. The summed E-state index contributed by atoms with van der Waals surface area (Å²) in [7, 11) is 0. The molecule has 0 aromatic heterocycles. The van der Waals surface area contributed by atoms with Gasteiger partial charge < -0.3 is 5.11 Å². The Labute approximate surface area is 89.9 Å². The van der Waals surface area contributed by atoms with Crippen molar-refractivity contribution in [2.75, 3.05) is 0 Å². The molecular formula is C3H4Cl2N3NaO. The van der Waals surface area contributed by atoms with E-state index < -0.39 is 5.62 Å². The fourth-order valence-corrected chi connectivity index (χ4v) is 0.571. The predicted octanol–water partition coefficient (Wildman–Crippen LogP) is 0.272. The molecule has 0 aromatic rings. The van der Waals surface area contributed by atoms with Gasteiger partial charge >= 0.3 is 35.6 Å². The Bertz CT molecular complexity index is 173. The van der Waals surface area contributed by atoms with Crippen molar-refractivity contribution in [3.63, 3.8) is 0 Å². The van der Waals surface area contributed by atoms with Crippen LogP contribution in [0.4, 0.5) is 0 Å². The van der Waals surface area contributed by atoms with Crippen LogP contribution in [-0.4, -0.2) is 57.1 Å². The van der Waals surface area contributed by atoms with Crippen molar-refractivity contribution >= 4 is 65.3 Å². The van der Waals surface area contributed by atoms with E-state index in [1.165, 1.54) is 6.34 Å². The van der Waals surface area contributed by atoms with Crippen LogP contribution in [-0.2, 0) is 0 Å². The minimum atomic E-state index is -0.760. The third kappa shape index (κ3) is 2.64. The molecule has 1 N–H and O–H groups in total. The quantitative estimate of drug-likeness (QED) is 0.259. The van der Waals surface area contributed by atoms with E-state index in [1.807, 2.05) is 0 Å². The number of aliphatic hydroxyl groups excluding tert-OH is 1. The van der Waals surface area contributed by atoms with Gasteiger partial charge in [0.2, 0.25) is 5.62 Å². The van der Waals surface area contributed by atoms with Gasteiger partial charge in [0.1, 0.15) is 6.34 Å². The van der Waals surface area contributed by atoms with E-state index >= 15 is 0 Å². The van der Waals surface area contributed by atoms with E-state index in [2.05, 4.69) is 9.98 Å². The Morgan fingerprint density at radius 1 is 1.70 bits per heavy atom. The number of alkyl halides is 1. The third-order valence-corrected chi connectivity index (χ3v) is 1.39. The first-order valence-corrected chi connectivity index (χ1v) is 2.87. The topological polar surface area (TPSA) is 48.2 Å². The van der Waals surface area contributed by atoms with Gasteiger partial charge in [0.05, 0.1) is 0 Å². The molecule has 1 heterocycles. The summed E-state index contributed by atoms with van der Waals surface area (Å²) in [4.78, 5) is 6.75. The molecule has 1 rings (SSSR count). The number of hydrogen-bond donors (Lipinski definition) is 1. The van der Waals surface area contributed by atoms with Crippen LogP contribution >= 0.6 is 23.4 Å². The molecule has 0 saturated heterocycles. The van der Waals surface area contributed by atoms with E-state index in [0.717, 1.165) is 4.42 Å². The van der Waals surface area contributed by atoms with E-state index in [4.69, 9.17) is 28.5 Å². The molecule has 0 saturated carbocycles. The van der Waals surface area contributed by atoms with Gasteiger partial charge in [-0.05, 0) is 0 Å². The van der Waals surface area contributed by atoms with Gasteiger partial charge in [-0.2, -0.15) is 9.98 Å². The van der Waals surface area contributed by atoms with Gasteiger partial charge in [-0.3, -0.25) is 0 Å². The van der Waals surface area contributed by atoms with Crippen molar-refractivity contribution in [2.45, 2.75) is 5.62 Å². The number of nitrogens with zero attached hydrogens (tertiary/aromatic N) is 3. The summed E-state index contributed by atoms with van der Waals surface area (Å²) in [5.74, 6) is 0. The molecule has 1 aliphatic rings. The summed E-state index contributed by atoms with van der Waals surface area (Å²) in [5, 5.41) is 8.58.